The molecule has 30 heavy (non-hydrogen) atoms. The highest BCUT2D eigenvalue weighted by Gasteiger charge is 2.32. The summed E-state index contributed by atoms with van der Waals surface area (Å²) in [6, 6.07) is 21.0. The van der Waals surface area contributed by atoms with Gasteiger partial charge in [-0.15, -0.1) is 0 Å². The number of carbonyl (C=O) groups is 1. The van der Waals surface area contributed by atoms with Crippen molar-refractivity contribution in [3.05, 3.63) is 94.5 Å². The number of carbonyl (C=O) groups excluding carboxylic acids is 1. The number of nitrogens with zero attached hydrogens (tertiary/aromatic N) is 1. The van der Waals surface area contributed by atoms with E-state index < -0.39 is 10.0 Å². The van der Waals surface area contributed by atoms with Gasteiger partial charge >= 0.3 is 0 Å². The van der Waals surface area contributed by atoms with Crippen molar-refractivity contribution in [2.45, 2.75) is 30.8 Å². The zero-order chi connectivity index (χ0) is 21.3. The van der Waals surface area contributed by atoms with E-state index in [0.717, 1.165) is 16.8 Å². The average molecular weight is 441 g/mol. The molecule has 0 radical (unpaired) electrons. The van der Waals surface area contributed by atoms with Crippen LogP contribution in [0.5, 0.6) is 0 Å². The Morgan fingerprint density at radius 1 is 1.07 bits per heavy atom. The monoisotopic (exact) mass is 440 g/mol. The van der Waals surface area contributed by atoms with E-state index in [4.69, 9.17) is 11.6 Å². The van der Waals surface area contributed by atoms with Crippen molar-refractivity contribution < 1.29 is 13.2 Å². The first-order chi connectivity index (χ1) is 14.3. The van der Waals surface area contributed by atoms with Gasteiger partial charge in [-0.2, -0.15) is 0 Å². The summed E-state index contributed by atoms with van der Waals surface area (Å²) >= 11 is 5.87. The molecular formula is C23H21ClN2O3S. The van der Waals surface area contributed by atoms with Gasteiger partial charge in [-0.3, -0.25) is 4.79 Å². The summed E-state index contributed by atoms with van der Waals surface area (Å²) in [5.74, 6) is -0.0849. The number of hydrogen-bond donors (Lipinski definition) is 1. The number of rotatable bonds is 5. The Balaban J connectivity index is 1.56. The molecule has 1 heterocycles. The SMILES string of the molecule is C[C@@H]1Cc2cc(S(=O)(=O)NCc3ccc(Cl)cc3)ccc2N1C(=O)c1ccccc1. The standard InChI is InChI=1S/C23H21ClN2O3S/c1-16-13-19-14-21(30(28,29)25-15-17-7-9-20(24)10-8-17)11-12-22(19)26(16)23(27)18-5-3-2-4-6-18/h2-12,14,16,25H,13,15H2,1H3/t16-/m1/s1. The average Bonchev–Trinajstić information content (AvgIpc) is 3.08. The molecule has 0 saturated carbocycles. The third-order valence-electron chi connectivity index (χ3n) is 5.20. The maximum atomic E-state index is 13.0. The summed E-state index contributed by atoms with van der Waals surface area (Å²) in [5, 5.41) is 0.601. The maximum Gasteiger partial charge on any atom is 0.258 e. The van der Waals surface area contributed by atoms with Crippen molar-refractivity contribution in [2.75, 3.05) is 4.90 Å². The summed E-state index contributed by atoms with van der Waals surface area (Å²) in [6.07, 6.45) is 0.606. The second-order valence-electron chi connectivity index (χ2n) is 7.34. The highest BCUT2D eigenvalue weighted by atomic mass is 35.5. The maximum absolute atomic E-state index is 13.0. The van der Waals surface area contributed by atoms with Crippen LogP contribution in [0, 0.1) is 0 Å². The largest absolute Gasteiger partial charge is 0.305 e. The molecule has 0 saturated heterocycles. The van der Waals surface area contributed by atoms with Gasteiger partial charge < -0.3 is 4.90 Å². The van der Waals surface area contributed by atoms with E-state index >= 15 is 0 Å². The summed E-state index contributed by atoms with van der Waals surface area (Å²) in [5.41, 5.74) is 3.03. The van der Waals surface area contributed by atoms with E-state index in [1.807, 2.05) is 25.1 Å². The highest BCUT2D eigenvalue weighted by molar-refractivity contribution is 7.89. The minimum atomic E-state index is -3.68. The summed E-state index contributed by atoms with van der Waals surface area (Å²) < 4.78 is 28.2. The molecule has 3 aromatic carbocycles. The minimum Gasteiger partial charge on any atom is -0.305 e. The quantitative estimate of drug-likeness (QED) is 0.639. The van der Waals surface area contributed by atoms with Crippen LogP contribution in [0.15, 0.2) is 77.7 Å². The number of halogens is 1. The second-order valence-corrected chi connectivity index (χ2v) is 9.54. The van der Waals surface area contributed by atoms with Gasteiger partial charge in [-0.25, -0.2) is 13.1 Å². The van der Waals surface area contributed by atoms with Gasteiger partial charge in [0.2, 0.25) is 10.0 Å². The van der Waals surface area contributed by atoms with Gasteiger partial charge in [-0.1, -0.05) is 41.9 Å². The predicted molar refractivity (Wildman–Crippen MR) is 118 cm³/mol. The molecule has 0 aromatic heterocycles. The molecule has 4 rings (SSSR count). The van der Waals surface area contributed by atoms with E-state index in [0.29, 0.717) is 17.0 Å². The van der Waals surface area contributed by atoms with E-state index in [1.54, 1.807) is 59.5 Å². The number of hydrogen-bond acceptors (Lipinski definition) is 3. The zero-order valence-electron chi connectivity index (χ0n) is 16.4. The van der Waals surface area contributed by atoms with E-state index in [9.17, 15) is 13.2 Å². The molecule has 0 unspecified atom stereocenters. The normalized spacial score (nSPS) is 15.8. The lowest BCUT2D eigenvalue weighted by atomic mass is 10.1. The van der Waals surface area contributed by atoms with Crippen molar-refractivity contribution in [3.63, 3.8) is 0 Å². The number of amides is 1. The number of benzene rings is 3. The summed E-state index contributed by atoms with van der Waals surface area (Å²) in [6.45, 7) is 2.14. The smallest absolute Gasteiger partial charge is 0.258 e. The van der Waals surface area contributed by atoms with Gasteiger partial charge in [-0.05, 0) is 66.9 Å². The third kappa shape index (κ3) is 4.12. The third-order valence-corrected chi connectivity index (χ3v) is 6.85. The molecule has 0 spiro atoms. The van der Waals surface area contributed by atoms with Crippen LogP contribution in [0.3, 0.4) is 0 Å². The molecular weight excluding hydrogens is 420 g/mol. The van der Waals surface area contributed by atoms with Gasteiger partial charge in [0.05, 0.1) is 4.90 Å². The highest BCUT2D eigenvalue weighted by Crippen LogP contribution is 2.35. The molecule has 7 heteroatoms. The Hall–Kier alpha value is -2.67. The zero-order valence-corrected chi connectivity index (χ0v) is 18.0. The van der Waals surface area contributed by atoms with Crippen LogP contribution in [0.1, 0.15) is 28.4 Å². The Morgan fingerprint density at radius 2 is 1.77 bits per heavy atom. The fourth-order valence-electron chi connectivity index (χ4n) is 3.67. The van der Waals surface area contributed by atoms with Crippen LogP contribution in [-0.4, -0.2) is 20.4 Å². The first kappa shape index (κ1) is 20.6. The molecule has 154 valence electrons. The molecule has 3 aromatic rings. The van der Waals surface area contributed by atoms with E-state index in [1.165, 1.54) is 0 Å². The molecule has 0 bridgehead atoms. The lowest BCUT2D eigenvalue weighted by molar-refractivity contribution is 0.0981. The van der Waals surface area contributed by atoms with Crippen LogP contribution < -0.4 is 9.62 Å². The summed E-state index contributed by atoms with van der Waals surface area (Å²) in [7, 11) is -3.68. The molecule has 1 atom stereocenters. The van der Waals surface area contributed by atoms with Gasteiger partial charge in [0.25, 0.3) is 5.91 Å². The second kappa shape index (κ2) is 8.22. The molecule has 1 amide bonds. The van der Waals surface area contributed by atoms with Crippen LogP contribution in [0.25, 0.3) is 0 Å². The number of fused-ring (bicyclic) bond motifs is 1. The molecule has 0 fully saturated rings. The van der Waals surface area contributed by atoms with Crippen LogP contribution in [0.2, 0.25) is 5.02 Å². The molecule has 5 nitrogen and oxygen atoms in total. The van der Waals surface area contributed by atoms with Crippen molar-refractivity contribution >= 4 is 33.2 Å². The molecule has 0 aliphatic carbocycles. The van der Waals surface area contributed by atoms with Crippen molar-refractivity contribution in [1.82, 2.24) is 4.72 Å². The Labute approximate surface area is 181 Å². The fourth-order valence-corrected chi connectivity index (χ4v) is 4.86. The fraction of sp³-hybridized carbons (Fsp3) is 0.174. The van der Waals surface area contributed by atoms with Gasteiger partial charge in [0, 0.05) is 28.9 Å². The van der Waals surface area contributed by atoms with Gasteiger partial charge in [0.1, 0.15) is 0 Å². The topological polar surface area (TPSA) is 66.5 Å². The van der Waals surface area contributed by atoms with Crippen LogP contribution in [-0.2, 0) is 23.0 Å². The first-order valence-electron chi connectivity index (χ1n) is 9.61. The van der Waals surface area contributed by atoms with Crippen molar-refractivity contribution in [2.24, 2.45) is 0 Å². The van der Waals surface area contributed by atoms with E-state index in [2.05, 4.69) is 4.72 Å². The Kier molecular flexibility index (Phi) is 5.64. The number of nitrogens with one attached hydrogen (secondary N) is 1. The van der Waals surface area contributed by atoms with Crippen LogP contribution in [0.4, 0.5) is 5.69 Å². The predicted octanol–water partition coefficient (Wildman–Crippen LogP) is 4.41. The molecule has 1 aliphatic heterocycles. The van der Waals surface area contributed by atoms with E-state index in [-0.39, 0.29) is 23.4 Å². The van der Waals surface area contributed by atoms with Crippen molar-refractivity contribution in [1.29, 1.82) is 0 Å². The van der Waals surface area contributed by atoms with Gasteiger partial charge in [0.15, 0.2) is 0 Å². The Morgan fingerprint density at radius 3 is 2.47 bits per heavy atom. The van der Waals surface area contributed by atoms with Crippen LogP contribution >= 0.6 is 11.6 Å². The lowest BCUT2D eigenvalue weighted by Gasteiger charge is -2.23. The lowest BCUT2D eigenvalue weighted by Crippen LogP contribution is -2.35. The summed E-state index contributed by atoms with van der Waals surface area (Å²) in [4.78, 5) is 14.9. The Bertz CT molecular complexity index is 1180. The van der Waals surface area contributed by atoms with Crippen molar-refractivity contribution in [3.8, 4) is 0 Å². The molecule has 1 N–H and O–H groups in total. The molecule has 1 aliphatic rings. The first-order valence-corrected chi connectivity index (χ1v) is 11.5. The number of sulfonamides is 1. The minimum absolute atomic E-state index is 0.0484. The number of anilines is 1.